The lowest BCUT2D eigenvalue weighted by Crippen LogP contribution is -2.48. The first-order valence-electron chi connectivity index (χ1n) is 9.60. The van der Waals surface area contributed by atoms with Crippen molar-refractivity contribution in [2.24, 2.45) is 0 Å². The molecule has 0 radical (unpaired) electrons. The van der Waals surface area contributed by atoms with Gasteiger partial charge in [-0.15, -0.1) is 0 Å². The van der Waals surface area contributed by atoms with E-state index in [1.807, 2.05) is 0 Å². The number of nitrogens with one attached hydrogen (secondary N) is 2. The molecule has 31 heavy (non-hydrogen) atoms. The van der Waals surface area contributed by atoms with E-state index >= 15 is 0 Å². The van der Waals surface area contributed by atoms with Crippen LogP contribution in [0.1, 0.15) is 36.7 Å². The molecule has 0 aromatic heterocycles. The van der Waals surface area contributed by atoms with Crippen LogP contribution in [0.4, 0.5) is 4.79 Å². The number of urea groups is 1. The second-order valence-electron chi connectivity index (χ2n) is 7.65. The summed E-state index contributed by atoms with van der Waals surface area (Å²) in [6.45, 7) is 5.01. The fraction of sp³-hybridized carbons (Fsp3) is 0.286. The van der Waals surface area contributed by atoms with Crippen molar-refractivity contribution < 1.29 is 22.8 Å². The van der Waals surface area contributed by atoms with E-state index in [0.29, 0.717) is 10.6 Å². The second kappa shape index (κ2) is 8.12. The van der Waals surface area contributed by atoms with E-state index in [2.05, 4.69) is 10.7 Å². The lowest BCUT2D eigenvalue weighted by atomic mass is 9.92. The molecule has 0 bridgehead atoms. The summed E-state index contributed by atoms with van der Waals surface area (Å²) in [6, 6.07) is 13.0. The maximum atomic E-state index is 12.9. The van der Waals surface area contributed by atoms with E-state index in [-0.39, 0.29) is 16.5 Å². The molecule has 9 nitrogen and oxygen atoms in total. The highest BCUT2D eigenvalue weighted by atomic mass is 32.2. The van der Waals surface area contributed by atoms with Crippen LogP contribution in [-0.4, -0.2) is 48.7 Å². The number of rotatable bonds is 6. The smallest absolute Gasteiger partial charge is 0.318 e. The molecule has 1 aliphatic rings. The first-order valence-corrected chi connectivity index (χ1v) is 11.0. The number of nitrogens with zero attached hydrogens (tertiary/aromatic N) is 2. The van der Waals surface area contributed by atoms with Crippen molar-refractivity contribution in [1.82, 2.24) is 20.1 Å². The van der Waals surface area contributed by atoms with Crippen LogP contribution in [0.3, 0.4) is 0 Å². The van der Waals surface area contributed by atoms with Crippen LogP contribution in [0.25, 0.3) is 0 Å². The van der Waals surface area contributed by atoms with Crippen molar-refractivity contribution in [3.05, 3.63) is 65.7 Å². The van der Waals surface area contributed by atoms with Gasteiger partial charge in [-0.25, -0.2) is 13.2 Å². The van der Waals surface area contributed by atoms with Gasteiger partial charge in [-0.05, 0) is 44.5 Å². The van der Waals surface area contributed by atoms with Crippen LogP contribution < -0.4 is 10.7 Å². The number of amides is 4. The predicted octanol–water partition coefficient (Wildman–Crippen LogP) is 1.83. The Bertz CT molecular complexity index is 1130. The van der Waals surface area contributed by atoms with Gasteiger partial charge in [-0.2, -0.15) is 9.31 Å². The SMILES string of the molecule is CC(C)N(C)S(=O)(=O)c1cccc(C(=O)NN2C(=O)NC(C)(c3ccccc3)C2=O)c1. The highest BCUT2D eigenvalue weighted by Gasteiger charge is 2.50. The molecule has 1 aliphatic heterocycles. The average molecular weight is 445 g/mol. The van der Waals surface area contributed by atoms with Crippen molar-refractivity contribution in [2.45, 2.75) is 37.2 Å². The van der Waals surface area contributed by atoms with Gasteiger partial charge in [-0.1, -0.05) is 36.4 Å². The molecule has 164 valence electrons. The van der Waals surface area contributed by atoms with Gasteiger partial charge in [0.1, 0.15) is 5.54 Å². The van der Waals surface area contributed by atoms with Gasteiger partial charge >= 0.3 is 6.03 Å². The summed E-state index contributed by atoms with van der Waals surface area (Å²) >= 11 is 0. The van der Waals surface area contributed by atoms with E-state index in [0.717, 1.165) is 0 Å². The fourth-order valence-electron chi connectivity index (χ4n) is 3.12. The van der Waals surface area contributed by atoms with Gasteiger partial charge in [0.25, 0.3) is 11.8 Å². The van der Waals surface area contributed by atoms with Gasteiger partial charge in [0.2, 0.25) is 10.0 Å². The van der Waals surface area contributed by atoms with Crippen molar-refractivity contribution in [2.75, 3.05) is 7.05 Å². The molecular weight excluding hydrogens is 420 g/mol. The third kappa shape index (κ3) is 4.04. The Balaban J connectivity index is 1.84. The first kappa shape index (κ1) is 22.4. The van der Waals surface area contributed by atoms with Crippen LogP contribution in [0.2, 0.25) is 0 Å². The maximum absolute atomic E-state index is 12.9. The first-order chi connectivity index (χ1) is 14.5. The number of carbonyl (C=O) groups is 3. The van der Waals surface area contributed by atoms with Crippen LogP contribution in [-0.2, 0) is 20.4 Å². The van der Waals surface area contributed by atoms with Gasteiger partial charge < -0.3 is 5.32 Å². The summed E-state index contributed by atoms with van der Waals surface area (Å²) < 4.78 is 26.6. The van der Waals surface area contributed by atoms with Crippen molar-refractivity contribution >= 4 is 27.9 Å². The monoisotopic (exact) mass is 444 g/mol. The van der Waals surface area contributed by atoms with Gasteiger partial charge in [0.05, 0.1) is 4.90 Å². The Labute approximate surface area is 181 Å². The number of carbonyl (C=O) groups excluding carboxylic acids is 3. The summed E-state index contributed by atoms with van der Waals surface area (Å²) in [4.78, 5) is 38.0. The minimum atomic E-state index is -3.80. The number of hydrogen-bond acceptors (Lipinski definition) is 5. The number of sulfonamides is 1. The summed E-state index contributed by atoms with van der Waals surface area (Å²) in [6.07, 6.45) is 0. The minimum Gasteiger partial charge on any atom is -0.318 e. The van der Waals surface area contributed by atoms with E-state index in [1.165, 1.54) is 35.6 Å². The van der Waals surface area contributed by atoms with Crippen molar-refractivity contribution in [3.8, 4) is 0 Å². The van der Waals surface area contributed by atoms with Crippen LogP contribution in [0.15, 0.2) is 59.5 Å². The van der Waals surface area contributed by atoms with Gasteiger partial charge in [0, 0.05) is 18.7 Å². The Kier molecular flexibility index (Phi) is 5.88. The molecule has 3 rings (SSSR count). The molecule has 2 aromatic carbocycles. The topological polar surface area (TPSA) is 116 Å². The molecule has 1 atom stereocenters. The van der Waals surface area contributed by atoms with E-state index in [4.69, 9.17) is 0 Å². The van der Waals surface area contributed by atoms with Crippen LogP contribution in [0, 0.1) is 0 Å². The standard InChI is InChI=1S/C21H24N4O5S/c1-14(2)24(4)31(29,30)17-12-8-9-15(13-17)18(26)23-25-19(27)21(3,22-20(25)28)16-10-6-5-7-11-16/h5-14H,1-4H3,(H,22,28)(H,23,26). The number of benzene rings is 2. The Morgan fingerprint density at radius 3 is 2.35 bits per heavy atom. The molecule has 0 spiro atoms. The average Bonchev–Trinajstić information content (AvgIpc) is 2.97. The molecule has 1 heterocycles. The number of imide groups is 1. The zero-order chi connectivity index (χ0) is 23.0. The summed E-state index contributed by atoms with van der Waals surface area (Å²) in [5.41, 5.74) is 1.50. The molecule has 2 N–H and O–H groups in total. The molecule has 1 saturated heterocycles. The fourth-order valence-corrected chi connectivity index (χ4v) is 4.53. The zero-order valence-electron chi connectivity index (χ0n) is 17.6. The molecule has 2 aromatic rings. The van der Waals surface area contributed by atoms with Crippen molar-refractivity contribution in [3.63, 3.8) is 0 Å². The van der Waals surface area contributed by atoms with Crippen LogP contribution in [0.5, 0.6) is 0 Å². The van der Waals surface area contributed by atoms with E-state index in [9.17, 15) is 22.8 Å². The molecule has 4 amide bonds. The molecule has 0 aliphatic carbocycles. The molecule has 1 unspecified atom stereocenters. The number of hydrogen-bond donors (Lipinski definition) is 2. The Hall–Kier alpha value is -3.24. The van der Waals surface area contributed by atoms with Crippen molar-refractivity contribution in [1.29, 1.82) is 0 Å². The summed E-state index contributed by atoms with van der Waals surface area (Å²) in [7, 11) is -2.36. The molecule has 10 heteroatoms. The van der Waals surface area contributed by atoms with Gasteiger partial charge in [-0.3, -0.25) is 15.0 Å². The van der Waals surface area contributed by atoms with Gasteiger partial charge in [0.15, 0.2) is 0 Å². The van der Waals surface area contributed by atoms with E-state index in [1.54, 1.807) is 51.1 Å². The second-order valence-corrected chi connectivity index (χ2v) is 9.64. The largest absolute Gasteiger partial charge is 0.344 e. The Morgan fingerprint density at radius 1 is 1.10 bits per heavy atom. The minimum absolute atomic E-state index is 0.00727. The quantitative estimate of drug-likeness (QED) is 0.660. The lowest BCUT2D eigenvalue weighted by Gasteiger charge is -2.22. The number of hydrazine groups is 1. The molecule has 1 fully saturated rings. The normalized spacial score (nSPS) is 19.1. The lowest BCUT2D eigenvalue weighted by molar-refractivity contribution is -0.132. The predicted molar refractivity (Wildman–Crippen MR) is 113 cm³/mol. The van der Waals surface area contributed by atoms with Crippen LogP contribution >= 0.6 is 0 Å². The van der Waals surface area contributed by atoms with E-state index < -0.39 is 33.4 Å². The third-order valence-corrected chi connectivity index (χ3v) is 7.29. The zero-order valence-corrected chi connectivity index (χ0v) is 18.4. The summed E-state index contributed by atoms with van der Waals surface area (Å²) in [5, 5.41) is 3.19. The molecule has 0 saturated carbocycles. The highest BCUT2D eigenvalue weighted by Crippen LogP contribution is 2.28. The Morgan fingerprint density at radius 2 is 1.74 bits per heavy atom. The maximum Gasteiger partial charge on any atom is 0.344 e. The highest BCUT2D eigenvalue weighted by molar-refractivity contribution is 7.89. The summed E-state index contributed by atoms with van der Waals surface area (Å²) in [5.74, 6) is -1.44. The third-order valence-electron chi connectivity index (χ3n) is 5.26. The molecular formula is C21H24N4O5S.